The summed E-state index contributed by atoms with van der Waals surface area (Å²) in [5, 5.41) is 23.5. The number of ether oxygens (including phenoxy) is 1. The molecule has 1 heterocycles. The number of thioether (sulfide) groups is 1. The van der Waals surface area contributed by atoms with E-state index in [1.165, 1.54) is 25.1 Å². The summed E-state index contributed by atoms with van der Waals surface area (Å²) in [7, 11) is 1.45. The van der Waals surface area contributed by atoms with Crippen LogP contribution in [0.15, 0.2) is 51.1 Å². The Balaban J connectivity index is 1.61. The molecule has 0 saturated carbocycles. The average Bonchev–Trinajstić information content (AvgIpc) is 3.18. The second-order valence-electron chi connectivity index (χ2n) is 6.19. The van der Waals surface area contributed by atoms with Crippen molar-refractivity contribution in [1.82, 2.24) is 20.2 Å². The summed E-state index contributed by atoms with van der Waals surface area (Å²) in [6.45, 7) is 2.64. The summed E-state index contributed by atoms with van der Waals surface area (Å²) in [6.07, 6.45) is 1.46. The predicted molar refractivity (Wildman–Crippen MR) is 125 cm³/mol. The van der Waals surface area contributed by atoms with Crippen molar-refractivity contribution in [2.24, 2.45) is 5.10 Å². The van der Waals surface area contributed by atoms with E-state index in [9.17, 15) is 9.90 Å². The van der Waals surface area contributed by atoms with Gasteiger partial charge in [-0.2, -0.15) is 5.10 Å². The highest BCUT2D eigenvalue weighted by Gasteiger charge is 2.14. The van der Waals surface area contributed by atoms with Crippen LogP contribution in [-0.4, -0.2) is 44.9 Å². The van der Waals surface area contributed by atoms with Crippen molar-refractivity contribution in [2.45, 2.75) is 18.6 Å². The first-order valence-electron chi connectivity index (χ1n) is 9.13. The zero-order valence-corrected chi connectivity index (χ0v) is 19.8. The van der Waals surface area contributed by atoms with Gasteiger partial charge in [0.05, 0.1) is 23.5 Å². The van der Waals surface area contributed by atoms with Crippen molar-refractivity contribution in [1.29, 1.82) is 0 Å². The van der Waals surface area contributed by atoms with Crippen molar-refractivity contribution in [3.8, 4) is 22.9 Å². The summed E-state index contributed by atoms with van der Waals surface area (Å²) in [5.74, 6) is 0.849. The molecule has 162 valence electrons. The fourth-order valence-corrected chi connectivity index (χ4v) is 4.04. The Hall–Kier alpha value is -2.56. The number of carbonyl (C=O) groups excluding carboxylic acids is 1. The number of carbonyl (C=O) groups is 1. The standard InChI is InChI=1S/C20H19BrClN5O3S/c1-3-27-19(13-4-6-14(22)7-5-13)25-26-20(27)31-11-17(28)24-23-10-12-8-15(21)18(29)16(9-12)30-2/h4-10,29H,3,11H2,1-2H3,(H,24,28). The molecular weight excluding hydrogens is 506 g/mol. The van der Waals surface area contributed by atoms with Crippen LogP contribution >= 0.6 is 39.3 Å². The number of hydrogen-bond acceptors (Lipinski definition) is 7. The topological polar surface area (TPSA) is 102 Å². The minimum atomic E-state index is -0.287. The number of hydrazone groups is 1. The zero-order valence-electron chi connectivity index (χ0n) is 16.7. The summed E-state index contributed by atoms with van der Waals surface area (Å²) >= 11 is 10.5. The molecular formula is C20H19BrClN5O3S. The summed E-state index contributed by atoms with van der Waals surface area (Å²) in [6, 6.07) is 10.6. The third kappa shape index (κ3) is 5.78. The van der Waals surface area contributed by atoms with Crippen LogP contribution in [0.5, 0.6) is 11.5 Å². The van der Waals surface area contributed by atoms with Gasteiger partial charge >= 0.3 is 0 Å². The third-order valence-electron chi connectivity index (χ3n) is 4.14. The van der Waals surface area contributed by atoms with Crippen molar-refractivity contribution >= 4 is 51.4 Å². The number of amides is 1. The first-order chi connectivity index (χ1) is 14.9. The quantitative estimate of drug-likeness (QED) is 0.258. The number of hydrogen-bond donors (Lipinski definition) is 2. The van der Waals surface area contributed by atoms with Gasteiger partial charge in [0, 0.05) is 17.1 Å². The number of phenols is 1. The van der Waals surface area contributed by atoms with Crippen LogP contribution in [0.1, 0.15) is 12.5 Å². The van der Waals surface area contributed by atoms with Crippen molar-refractivity contribution in [3.05, 3.63) is 51.5 Å². The number of nitrogens with zero attached hydrogens (tertiary/aromatic N) is 4. The first-order valence-corrected chi connectivity index (χ1v) is 11.3. The molecule has 0 aliphatic carbocycles. The van der Waals surface area contributed by atoms with Gasteiger partial charge in [-0.25, -0.2) is 5.43 Å². The molecule has 2 aromatic carbocycles. The van der Waals surface area contributed by atoms with Crippen LogP contribution in [0.2, 0.25) is 5.02 Å². The molecule has 1 aromatic heterocycles. The minimum Gasteiger partial charge on any atom is -0.503 e. The molecule has 1 amide bonds. The van der Waals surface area contributed by atoms with Gasteiger partial charge in [-0.15, -0.1) is 10.2 Å². The van der Waals surface area contributed by atoms with E-state index in [4.69, 9.17) is 16.3 Å². The van der Waals surface area contributed by atoms with Crippen LogP contribution < -0.4 is 10.2 Å². The minimum absolute atomic E-state index is 0.00177. The lowest BCUT2D eigenvalue weighted by Crippen LogP contribution is -2.20. The lowest BCUT2D eigenvalue weighted by atomic mass is 10.2. The number of aromatic nitrogens is 3. The van der Waals surface area contributed by atoms with Gasteiger partial charge in [-0.05, 0) is 64.8 Å². The first kappa shape index (κ1) is 23.1. The maximum absolute atomic E-state index is 12.2. The van der Waals surface area contributed by atoms with E-state index in [0.29, 0.717) is 38.3 Å². The molecule has 0 aliphatic heterocycles. The highest BCUT2D eigenvalue weighted by atomic mass is 79.9. The Morgan fingerprint density at radius 3 is 2.77 bits per heavy atom. The number of phenolic OH excluding ortho intramolecular Hbond substituents is 1. The van der Waals surface area contributed by atoms with Crippen molar-refractivity contribution in [3.63, 3.8) is 0 Å². The Kier molecular flexibility index (Phi) is 7.94. The van der Waals surface area contributed by atoms with E-state index in [0.717, 1.165) is 5.56 Å². The molecule has 3 aromatic rings. The summed E-state index contributed by atoms with van der Waals surface area (Å²) in [5.41, 5.74) is 4.02. The maximum atomic E-state index is 12.2. The molecule has 0 fully saturated rings. The van der Waals surface area contributed by atoms with Crippen LogP contribution in [0.3, 0.4) is 0 Å². The molecule has 0 radical (unpaired) electrons. The van der Waals surface area contributed by atoms with Gasteiger partial charge < -0.3 is 14.4 Å². The van der Waals surface area contributed by atoms with E-state index in [-0.39, 0.29) is 17.4 Å². The second kappa shape index (κ2) is 10.7. The lowest BCUT2D eigenvalue weighted by molar-refractivity contribution is -0.118. The number of benzene rings is 2. The largest absolute Gasteiger partial charge is 0.503 e. The summed E-state index contributed by atoms with van der Waals surface area (Å²) < 4.78 is 7.49. The van der Waals surface area contributed by atoms with E-state index in [2.05, 4.69) is 36.7 Å². The summed E-state index contributed by atoms with van der Waals surface area (Å²) in [4.78, 5) is 12.2. The molecule has 0 spiro atoms. The van der Waals surface area contributed by atoms with Crippen LogP contribution in [0.4, 0.5) is 0 Å². The molecule has 0 atom stereocenters. The lowest BCUT2D eigenvalue weighted by Gasteiger charge is -2.07. The van der Waals surface area contributed by atoms with E-state index in [1.807, 2.05) is 23.6 Å². The van der Waals surface area contributed by atoms with Gasteiger partial charge in [0.15, 0.2) is 22.5 Å². The Labute approximate surface area is 196 Å². The smallest absolute Gasteiger partial charge is 0.250 e. The van der Waals surface area contributed by atoms with Gasteiger partial charge in [0.2, 0.25) is 0 Å². The van der Waals surface area contributed by atoms with Gasteiger partial charge in [0.1, 0.15) is 0 Å². The van der Waals surface area contributed by atoms with Crippen LogP contribution in [-0.2, 0) is 11.3 Å². The fourth-order valence-electron chi connectivity index (χ4n) is 2.66. The molecule has 2 N–H and O–H groups in total. The van der Waals surface area contributed by atoms with Gasteiger partial charge in [-0.1, -0.05) is 23.4 Å². The van der Waals surface area contributed by atoms with Crippen LogP contribution in [0, 0.1) is 0 Å². The Bertz CT molecular complexity index is 1100. The third-order valence-corrected chi connectivity index (χ3v) is 5.96. The SMILES string of the molecule is CCn1c(SCC(=O)NN=Cc2cc(Br)c(O)c(OC)c2)nnc1-c1ccc(Cl)cc1. The van der Waals surface area contributed by atoms with Crippen LogP contribution in [0.25, 0.3) is 11.4 Å². The van der Waals surface area contributed by atoms with Gasteiger partial charge in [-0.3, -0.25) is 4.79 Å². The monoisotopic (exact) mass is 523 g/mol. The zero-order chi connectivity index (χ0) is 22.4. The highest BCUT2D eigenvalue weighted by Crippen LogP contribution is 2.34. The molecule has 0 unspecified atom stereocenters. The predicted octanol–water partition coefficient (Wildman–Crippen LogP) is 4.34. The van der Waals surface area contributed by atoms with E-state index in [1.54, 1.807) is 24.3 Å². The average molecular weight is 525 g/mol. The Morgan fingerprint density at radius 2 is 2.10 bits per heavy atom. The van der Waals surface area contributed by atoms with Crippen molar-refractivity contribution in [2.75, 3.05) is 12.9 Å². The molecule has 0 saturated heterocycles. The number of halogens is 2. The molecule has 11 heteroatoms. The molecule has 0 bridgehead atoms. The number of rotatable bonds is 8. The Morgan fingerprint density at radius 1 is 1.35 bits per heavy atom. The van der Waals surface area contributed by atoms with Crippen molar-refractivity contribution < 1.29 is 14.6 Å². The van der Waals surface area contributed by atoms with Gasteiger partial charge in [0.25, 0.3) is 5.91 Å². The molecule has 3 rings (SSSR count). The molecule has 8 nitrogen and oxygen atoms in total. The van der Waals surface area contributed by atoms with E-state index >= 15 is 0 Å². The number of methoxy groups -OCH3 is 1. The molecule has 0 aliphatic rings. The van der Waals surface area contributed by atoms with E-state index < -0.39 is 0 Å². The number of aromatic hydroxyl groups is 1. The fraction of sp³-hybridized carbons (Fsp3) is 0.200. The number of nitrogens with one attached hydrogen (secondary N) is 1. The second-order valence-corrected chi connectivity index (χ2v) is 8.43. The highest BCUT2D eigenvalue weighted by molar-refractivity contribution is 9.10. The maximum Gasteiger partial charge on any atom is 0.250 e. The molecule has 31 heavy (non-hydrogen) atoms. The normalized spacial score (nSPS) is 11.1.